The molecule has 2 aromatic rings. The molecule has 0 atom stereocenters. The van der Waals surface area contributed by atoms with Crippen molar-refractivity contribution in [2.75, 3.05) is 5.73 Å². The first-order chi connectivity index (χ1) is 11.3. The van der Waals surface area contributed by atoms with Crippen LogP contribution in [0.15, 0.2) is 30.3 Å². The smallest absolute Gasteiger partial charge is 0.0439 e. The van der Waals surface area contributed by atoms with Crippen molar-refractivity contribution >= 4 is 17.3 Å². The number of nitrogens with two attached hydrogens (primary N) is 1. The summed E-state index contributed by atoms with van der Waals surface area (Å²) in [6.45, 7) is 13.3. The van der Waals surface area contributed by atoms with Gasteiger partial charge in [-0.3, -0.25) is 0 Å². The van der Waals surface area contributed by atoms with Crippen LogP contribution in [-0.4, -0.2) is 0 Å². The minimum absolute atomic E-state index is 0. The van der Waals surface area contributed by atoms with Crippen LogP contribution in [0.3, 0.4) is 0 Å². The Kier molecular flexibility index (Phi) is 11.2. The maximum Gasteiger partial charge on any atom is 0.0439 e. The Morgan fingerprint density at radius 3 is 1.67 bits per heavy atom. The molecule has 156 valence electrons. The fraction of sp³-hybridized carbons (Fsp3) is 0.429. The predicted molar refractivity (Wildman–Crippen MR) is 103 cm³/mol. The van der Waals surface area contributed by atoms with E-state index in [1.54, 1.807) is 6.07 Å². The van der Waals surface area contributed by atoms with E-state index >= 15 is 0 Å². The van der Waals surface area contributed by atoms with Crippen molar-refractivity contribution in [3.05, 3.63) is 52.0 Å². The van der Waals surface area contributed by atoms with Crippen LogP contribution in [0.4, 0.5) is 5.69 Å². The Morgan fingerprint density at radius 2 is 1.33 bits per heavy atom. The van der Waals surface area contributed by atoms with Gasteiger partial charge in [-0.2, -0.15) is 0 Å². The van der Waals surface area contributed by atoms with E-state index in [1.165, 1.54) is 0 Å². The number of rotatable bonds is 0. The molecule has 0 fully saturated rings. The van der Waals surface area contributed by atoms with Gasteiger partial charge < -0.3 is 15.9 Å². The van der Waals surface area contributed by atoms with Gasteiger partial charge in [-0.25, -0.2) is 0 Å². The van der Waals surface area contributed by atoms with Gasteiger partial charge in [0.1, 0.15) is 0 Å². The van der Waals surface area contributed by atoms with E-state index in [0.717, 1.165) is 11.3 Å². The van der Waals surface area contributed by atoms with E-state index < -0.39 is 16.9 Å². The fourth-order valence-electron chi connectivity index (χ4n) is 2.45. The van der Waals surface area contributed by atoms with E-state index in [-0.39, 0.29) is 39.0 Å². The first kappa shape index (κ1) is 28.4. The third-order valence-electron chi connectivity index (χ3n) is 3.93. The number of anilines is 1. The van der Waals surface area contributed by atoms with Crippen LogP contribution in [0.2, 0.25) is 5.02 Å². The SMILES string of the molecule is CC(C)(C)c1cc(Cl)c(C(C)(C)C)c([O-])c1[O-].Cc1ccccc1N.[Co].[Co]. The maximum absolute atomic E-state index is 12.1. The summed E-state index contributed by atoms with van der Waals surface area (Å²) in [4.78, 5) is 0. The Balaban J connectivity index is 0. The van der Waals surface area contributed by atoms with Crippen LogP contribution >= 0.6 is 11.6 Å². The number of hydrogen-bond acceptors (Lipinski definition) is 3. The van der Waals surface area contributed by atoms with Crippen molar-refractivity contribution in [2.45, 2.75) is 59.3 Å². The van der Waals surface area contributed by atoms with Crippen LogP contribution in [-0.2, 0) is 44.4 Å². The van der Waals surface area contributed by atoms with Crippen LogP contribution in [0.1, 0.15) is 58.2 Å². The van der Waals surface area contributed by atoms with E-state index in [0.29, 0.717) is 16.1 Å². The normalized spacial score (nSPS) is 10.8. The van der Waals surface area contributed by atoms with Gasteiger partial charge in [0, 0.05) is 44.3 Å². The minimum atomic E-state index is -0.463. The summed E-state index contributed by atoms with van der Waals surface area (Å²) in [7, 11) is 0. The van der Waals surface area contributed by atoms with Crippen molar-refractivity contribution in [1.82, 2.24) is 0 Å². The molecule has 0 spiro atoms. The summed E-state index contributed by atoms with van der Waals surface area (Å²) < 4.78 is 0. The number of para-hydroxylation sites is 1. The van der Waals surface area contributed by atoms with E-state index in [4.69, 9.17) is 17.3 Å². The summed E-state index contributed by atoms with van der Waals surface area (Å²) in [5.74, 6) is -0.887. The van der Waals surface area contributed by atoms with Gasteiger partial charge in [-0.05, 0) is 46.6 Å². The molecule has 0 saturated carbocycles. The average Bonchev–Trinajstić information content (AvgIpc) is 2.44. The first-order valence-corrected chi connectivity index (χ1v) is 8.67. The van der Waals surface area contributed by atoms with Crippen molar-refractivity contribution < 1.29 is 43.8 Å². The molecular formula is C21H28ClCo2NO2-2. The molecule has 0 aliphatic rings. The monoisotopic (exact) mass is 479 g/mol. The Morgan fingerprint density at radius 1 is 0.852 bits per heavy atom. The quantitative estimate of drug-likeness (QED) is 0.559. The van der Waals surface area contributed by atoms with E-state index in [9.17, 15) is 10.2 Å². The maximum atomic E-state index is 12.1. The van der Waals surface area contributed by atoms with Crippen molar-refractivity contribution in [1.29, 1.82) is 0 Å². The summed E-state index contributed by atoms with van der Waals surface area (Å²) in [6, 6.07) is 9.45. The fourth-order valence-corrected chi connectivity index (χ4v) is 2.93. The molecule has 0 amide bonds. The van der Waals surface area contributed by atoms with E-state index in [1.807, 2.05) is 72.7 Å². The van der Waals surface area contributed by atoms with Gasteiger partial charge in [0.2, 0.25) is 0 Å². The number of nitrogen functional groups attached to an aromatic ring is 1. The molecule has 0 saturated heterocycles. The summed E-state index contributed by atoms with van der Waals surface area (Å²) >= 11 is 6.16. The van der Waals surface area contributed by atoms with Crippen LogP contribution in [0, 0.1) is 6.92 Å². The Bertz CT molecular complexity index is 730. The minimum Gasteiger partial charge on any atom is -0.873 e. The van der Waals surface area contributed by atoms with Gasteiger partial charge >= 0.3 is 0 Å². The Labute approximate surface area is 189 Å². The molecule has 2 aromatic carbocycles. The number of aryl methyl sites for hydroxylation is 1. The van der Waals surface area contributed by atoms with Crippen LogP contribution < -0.4 is 15.9 Å². The Hall–Kier alpha value is -0.857. The topological polar surface area (TPSA) is 72.1 Å². The van der Waals surface area contributed by atoms with E-state index in [2.05, 4.69) is 0 Å². The number of hydrogen-bond donors (Lipinski definition) is 1. The second-order valence-corrected chi connectivity index (χ2v) is 8.70. The summed E-state index contributed by atoms with van der Waals surface area (Å²) in [6.07, 6.45) is 0. The molecule has 27 heavy (non-hydrogen) atoms. The molecule has 0 aliphatic heterocycles. The first-order valence-electron chi connectivity index (χ1n) is 8.29. The molecule has 0 heterocycles. The van der Waals surface area contributed by atoms with Gasteiger partial charge in [-0.1, -0.05) is 71.3 Å². The number of halogens is 1. The van der Waals surface area contributed by atoms with Gasteiger partial charge in [0.25, 0.3) is 0 Å². The second kappa shape index (κ2) is 10.6. The standard InChI is InChI=1S/C14H21ClO2.C7H9N.2Co/c1-13(2,3)8-7-9(15)10(14(4,5)6)12(17)11(8)16;1-6-4-2-3-5-7(6)8;;/h7,16-17H,1-6H3;2-5H,8H2,1H3;;/p-2. The number of benzene rings is 2. The molecule has 2 radical (unpaired) electrons. The zero-order chi connectivity index (χ0) is 19.6. The molecule has 2 rings (SSSR count). The largest absolute Gasteiger partial charge is 0.873 e. The molecule has 0 bridgehead atoms. The van der Waals surface area contributed by atoms with Crippen molar-refractivity contribution in [3.63, 3.8) is 0 Å². The zero-order valence-corrected chi connectivity index (χ0v) is 19.7. The predicted octanol–water partition coefficient (Wildman–Crippen LogP) is 4.65. The second-order valence-electron chi connectivity index (χ2n) is 8.30. The third-order valence-corrected chi connectivity index (χ3v) is 4.23. The summed E-state index contributed by atoms with van der Waals surface area (Å²) in [5.41, 5.74) is 7.66. The van der Waals surface area contributed by atoms with Crippen molar-refractivity contribution in [2.24, 2.45) is 0 Å². The summed E-state index contributed by atoms with van der Waals surface area (Å²) in [5, 5.41) is 24.6. The van der Waals surface area contributed by atoms with Crippen LogP contribution in [0.25, 0.3) is 0 Å². The van der Waals surface area contributed by atoms with Crippen LogP contribution in [0.5, 0.6) is 11.5 Å². The van der Waals surface area contributed by atoms with Gasteiger partial charge in [0.05, 0.1) is 0 Å². The van der Waals surface area contributed by atoms with Gasteiger partial charge in [-0.15, -0.1) is 11.5 Å². The zero-order valence-electron chi connectivity index (χ0n) is 16.8. The third kappa shape index (κ3) is 7.58. The molecule has 2 N–H and O–H groups in total. The molecule has 0 aromatic heterocycles. The van der Waals surface area contributed by atoms with Crippen molar-refractivity contribution in [3.8, 4) is 11.5 Å². The average molecular weight is 480 g/mol. The molecule has 3 nitrogen and oxygen atoms in total. The van der Waals surface area contributed by atoms with Gasteiger partial charge in [0.15, 0.2) is 0 Å². The molecular weight excluding hydrogens is 452 g/mol. The molecule has 0 aliphatic carbocycles. The molecule has 6 heteroatoms. The molecule has 0 unspecified atom stereocenters.